The van der Waals surface area contributed by atoms with Crippen molar-refractivity contribution in [2.75, 3.05) is 19.5 Å². The van der Waals surface area contributed by atoms with Crippen molar-refractivity contribution in [3.63, 3.8) is 0 Å². The standard InChI is InChI=1S/C23H29NO3/c1-15(2)19-8-7-9-20(16(3)4)23(19)24-22(25)13-10-17-14-18(26-5)11-12-21(17)27-6/h7-16H,1-6H3,(H,24,25)/b13-10-. The number of anilines is 1. The van der Waals surface area contributed by atoms with Crippen LogP contribution in [-0.2, 0) is 4.79 Å². The number of amides is 1. The number of hydrogen-bond donors (Lipinski definition) is 1. The average Bonchev–Trinajstić information content (AvgIpc) is 2.65. The van der Waals surface area contributed by atoms with Crippen LogP contribution in [0.15, 0.2) is 42.5 Å². The molecular weight excluding hydrogens is 338 g/mol. The van der Waals surface area contributed by atoms with Gasteiger partial charge in [0.05, 0.1) is 14.2 Å². The van der Waals surface area contributed by atoms with Gasteiger partial charge in [-0.05, 0) is 47.2 Å². The zero-order valence-corrected chi connectivity index (χ0v) is 17.0. The SMILES string of the molecule is COc1ccc(OC)c(/C=C\C(=O)Nc2c(C(C)C)cccc2C(C)C)c1. The van der Waals surface area contributed by atoms with Gasteiger partial charge in [0.25, 0.3) is 0 Å². The van der Waals surface area contributed by atoms with Crippen LogP contribution in [0.3, 0.4) is 0 Å². The maximum Gasteiger partial charge on any atom is 0.248 e. The highest BCUT2D eigenvalue weighted by Crippen LogP contribution is 2.32. The molecule has 0 saturated carbocycles. The zero-order valence-electron chi connectivity index (χ0n) is 17.0. The molecule has 1 amide bonds. The first-order valence-electron chi connectivity index (χ1n) is 9.21. The molecule has 0 fully saturated rings. The molecule has 2 rings (SSSR count). The van der Waals surface area contributed by atoms with Crippen LogP contribution >= 0.6 is 0 Å². The van der Waals surface area contributed by atoms with Crippen molar-refractivity contribution in [1.29, 1.82) is 0 Å². The normalized spacial score (nSPS) is 11.3. The summed E-state index contributed by atoms with van der Waals surface area (Å²) in [6, 6.07) is 11.7. The number of nitrogens with one attached hydrogen (secondary N) is 1. The summed E-state index contributed by atoms with van der Waals surface area (Å²) in [6.07, 6.45) is 3.27. The Bertz CT molecular complexity index is 796. The third-order valence-corrected chi connectivity index (χ3v) is 4.47. The van der Waals surface area contributed by atoms with Gasteiger partial charge in [0.1, 0.15) is 11.5 Å². The van der Waals surface area contributed by atoms with Gasteiger partial charge in [0.15, 0.2) is 0 Å². The first-order valence-corrected chi connectivity index (χ1v) is 9.21. The second-order valence-electron chi connectivity index (χ2n) is 7.05. The minimum atomic E-state index is -0.171. The Morgan fingerprint density at radius 1 is 0.963 bits per heavy atom. The highest BCUT2D eigenvalue weighted by atomic mass is 16.5. The number of hydrogen-bond acceptors (Lipinski definition) is 3. The van der Waals surface area contributed by atoms with Crippen molar-refractivity contribution >= 4 is 17.7 Å². The molecule has 0 aliphatic heterocycles. The van der Waals surface area contributed by atoms with Gasteiger partial charge in [0.2, 0.25) is 5.91 Å². The molecule has 27 heavy (non-hydrogen) atoms. The van der Waals surface area contributed by atoms with E-state index >= 15 is 0 Å². The second kappa shape index (κ2) is 9.26. The highest BCUT2D eigenvalue weighted by Gasteiger charge is 2.15. The maximum absolute atomic E-state index is 12.6. The van der Waals surface area contributed by atoms with E-state index in [0.29, 0.717) is 23.3 Å². The molecule has 0 aliphatic rings. The van der Waals surface area contributed by atoms with Gasteiger partial charge in [0, 0.05) is 17.3 Å². The molecule has 0 radical (unpaired) electrons. The van der Waals surface area contributed by atoms with Crippen molar-refractivity contribution in [1.82, 2.24) is 0 Å². The van der Waals surface area contributed by atoms with Gasteiger partial charge in [-0.3, -0.25) is 4.79 Å². The van der Waals surface area contributed by atoms with E-state index < -0.39 is 0 Å². The Kier molecular flexibility index (Phi) is 7.05. The number of benzene rings is 2. The van der Waals surface area contributed by atoms with Crippen molar-refractivity contribution in [2.24, 2.45) is 0 Å². The van der Waals surface area contributed by atoms with Crippen LogP contribution in [0.5, 0.6) is 11.5 Å². The largest absolute Gasteiger partial charge is 0.497 e. The molecular formula is C23H29NO3. The first-order chi connectivity index (χ1) is 12.9. The van der Waals surface area contributed by atoms with E-state index in [-0.39, 0.29) is 5.91 Å². The van der Waals surface area contributed by atoms with Crippen LogP contribution in [0.25, 0.3) is 6.08 Å². The Labute approximate surface area is 162 Å². The molecule has 1 N–H and O–H groups in total. The Morgan fingerprint density at radius 2 is 1.59 bits per heavy atom. The Balaban J connectivity index is 2.30. The summed E-state index contributed by atoms with van der Waals surface area (Å²) in [5.41, 5.74) is 3.98. The van der Waals surface area contributed by atoms with Crippen LogP contribution in [0, 0.1) is 0 Å². The second-order valence-corrected chi connectivity index (χ2v) is 7.05. The number of ether oxygens (including phenoxy) is 2. The lowest BCUT2D eigenvalue weighted by Gasteiger charge is -2.19. The van der Waals surface area contributed by atoms with E-state index in [1.54, 1.807) is 20.3 Å². The molecule has 2 aromatic carbocycles. The lowest BCUT2D eigenvalue weighted by molar-refractivity contribution is -0.111. The third kappa shape index (κ3) is 5.13. The number of methoxy groups -OCH3 is 2. The molecule has 0 atom stereocenters. The molecule has 0 heterocycles. The van der Waals surface area contributed by atoms with Crippen LogP contribution in [0.1, 0.15) is 56.2 Å². The monoisotopic (exact) mass is 367 g/mol. The Hall–Kier alpha value is -2.75. The molecule has 0 aliphatic carbocycles. The van der Waals surface area contributed by atoms with Gasteiger partial charge in [-0.2, -0.15) is 0 Å². The predicted molar refractivity (Wildman–Crippen MR) is 112 cm³/mol. The van der Waals surface area contributed by atoms with E-state index in [1.165, 1.54) is 6.08 Å². The van der Waals surface area contributed by atoms with E-state index in [4.69, 9.17) is 9.47 Å². The van der Waals surface area contributed by atoms with Crippen molar-refractivity contribution in [2.45, 2.75) is 39.5 Å². The van der Waals surface area contributed by atoms with Gasteiger partial charge in [-0.15, -0.1) is 0 Å². The van der Waals surface area contributed by atoms with Gasteiger partial charge >= 0.3 is 0 Å². The minimum absolute atomic E-state index is 0.171. The minimum Gasteiger partial charge on any atom is -0.497 e. The van der Waals surface area contributed by atoms with Gasteiger partial charge in [-0.25, -0.2) is 0 Å². The molecule has 2 aromatic rings. The summed E-state index contributed by atoms with van der Waals surface area (Å²) in [5.74, 6) is 1.87. The molecule has 0 spiro atoms. The van der Waals surface area contributed by atoms with Crippen LogP contribution < -0.4 is 14.8 Å². The zero-order chi connectivity index (χ0) is 20.0. The van der Waals surface area contributed by atoms with Gasteiger partial charge in [-0.1, -0.05) is 45.9 Å². The lowest BCUT2D eigenvalue weighted by Crippen LogP contribution is -2.13. The number of carbonyl (C=O) groups excluding carboxylic acids is 1. The topological polar surface area (TPSA) is 47.6 Å². The molecule has 0 bridgehead atoms. The molecule has 4 heteroatoms. The van der Waals surface area contributed by atoms with Crippen LogP contribution in [0.4, 0.5) is 5.69 Å². The number of carbonyl (C=O) groups is 1. The first kappa shape index (κ1) is 20.6. The molecule has 144 valence electrons. The summed E-state index contributed by atoms with van der Waals surface area (Å²) in [5, 5.41) is 3.08. The molecule has 0 aromatic heterocycles. The predicted octanol–water partition coefficient (Wildman–Crippen LogP) is 5.60. The number of para-hydroxylation sites is 1. The fourth-order valence-electron chi connectivity index (χ4n) is 3.00. The quantitative estimate of drug-likeness (QED) is 0.648. The Morgan fingerprint density at radius 3 is 2.11 bits per heavy atom. The van der Waals surface area contributed by atoms with Crippen LogP contribution in [0.2, 0.25) is 0 Å². The molecule has 0 saturated heterocycles. The van der Waals surface area contributed by atoms with Crippen molar-refractivity contribution in [3.8, 4) is 11.5 Å². The summed E-state index contributed by atoms with van der Waals surface area (Å²) in [6.45, 7) is 8.52. The average molecular weight is 367 g/mol. The third-order valence-electron chi connectivity index (χ3n) is 4.47. The summed E-state index contributed by atoms with van der Waals surface area (Å²) >= 11 is 0. The summed E-state index contributed by atoms with van der Waals surface area (Å²) < 4.78 is 10.6. The van der Waals surface area contributed by atoms with Crippen molar-refractivity contribution < 1.29 is 14.3 Å². The van der Waals surface area contributed by atoms with E-state index in [1.807, 2.05) is 18.2 Å². The number of rotatable bonds is 7. The van der Waals surface area contributed by atoms with E-state index in [2.05, 4.69) is 51.2 Å². The molecule has 0 unspecified atom stereocenters. The summed E-state index contributed by atoms with van der Waals surface area (Å²) in [4.78, 5) is 12.6. The summed E-state index contributed by atoms with van der Waals surface area (Å²) in [7, 11) is 3.21. The van der Waals surface area contributed by atoms with E-state index in [9.17, 15) is 4.79 Å². The van der Waals surface area contributed by atoms with Crippen molar-refractivity contribution in [3.05, 3.63) is 59.2 Å². The maximum atomic E-state index is 12.6. The van der Waals surface area contributed by atoms with Crippen LogP contribution in [-0.4, -0.2) is 20.1 Å². The highest BCUT2D eigenvalue weighted by molar-refractivity contribution is 6.03. The van der Waals surface area contributed by atoms with E-state index in [0.717, 1.165) is 22.4 Å². The smallest absolute Gasteiger partial charge is 0.248 e. The lowest BCUT2D eigenvalue weighted by atomic mass is 9.92. The van der Waals surface area contributed by atoms with Gasteiger partial charge < -0.3 is 14.8 Å². The molecule has 4 nitrogen and oxygen atoms in total. The fourth-order valence-corrected chi connectivity index (χ4v) is 3.00. The fraction of sp³-hybridized carbons (Fsp3) is 0.348.